The lowest BCUT2D eigenvalue weighted by Gasteiger charge is -2.29. The van der Waals surface area contributed by atoms with Crippen molar-refractivity contribution in [1.82, 2.24) is 14.5 Å². The van der Waals surface area contributed by atoms with Crippen LogP contribution in [0.2, 0.25) is 0 Å². The third kappa shape index (κ3) is 6.60. The summed E-state index contributed by atoms with van der Waals surface area (Å²) in [6, 6.07) is 18.2. The molecule has 0 bridgehead atoms. The van der Waals surface area contributed by atoms with Crippen molar-refractivity contribution in [1.29, 1.82) is 0 Å². The van der Waals surface area contributed by atoms with E-state index in [0.29, 0.717) is 54.3 Å². The first-order valence-electron chi connectivity index (χ1n) is 14.2. The molecule has 5 rings (SSSR count). The van der Waals surface area contributed by atoms with E-state index in [0.717, 1.165) is 22.4 Å². The molecule has 10 heteroatoms. The molecule has 4 aromatic rings. The molecule has 43 heavy (non-hydrogen) atoms. The van der Waals surface area contributed by atoms with Crippen LogP contribution in [0.3, 0.4) is 0 Å². The maximum Gasteiger partial charge on any atom is 0.274 e. The van der Waals surface area contributed by atoms with Crippen molar-refractivity contribution in [2.45, 2.75) is 25.9 Å². The number of amides is 2. The number of nitrogens with zero attached hydrogens (tertiary/aromatic N) is 4. The Kier molecular flexibility index (Phi) is 8.58. The molecule has 3 N–H and O–H groups in total. The van der Waals surface area contributed by atoms with Crippen LogP contribution in [-0.2, 0) is 7.05 Å². The molecule has 3 heterocycles. The zero-order valence-electron chi connectivity index (χ0n) is 24.8. The van der Waals surface area contributed by atoms with Crippen molar-refractivity contribution in [2.24, 2.45) is 7.05 Å². The molecule has 1 fully saturated rings. The fraction of sp³-hybridized carbons (Fsp3) is 0.273. The number of hydrogen-bond donors (Lipinski definition) is 3. The molecule has 0 unspecified atom stereocenters. The number of carbonyl (C=O) groups excluding carboxylic acids is 2. The molecule has 1 aliphatic heterocycles. The van der Waals surface area contributed by atoms with Gasteiger partial charge in [-0.1, -0.05) is 12.1 Å². The van der Waals surface area contributed by atoms with Gasteiger partial charge >= 0.3 is 0 Å². The van der Waals surface area contributed by atoms with E-state index in [1.807, 2.05) is 56.3 Å². The number of nitrogens with one attached hydrogen (secondary N) is 2. The highest BCUT2D eigenvalue weighted by Crippen LogP contribution is 2.30. The second-order valence-corrected chi connectivity index (χ2v) is 11.0. The molecule has 2 aromatic carbocycles. The average molecular weight is 581 g/mol. The Hall–Kier alpha value is -4.96. The zero-order chi connectivity index (χ0) is 30.7. The summed E-state index contributed by atoms with van der Waals surface area (Å²) in [7, 11) is 5.58. The van der Waals surface area contributed by atoms with Crippen molar-refractivity contribution in [3.8, 4) is 11.1 Å². The highest BCUT2D eigenvalue weighted by atomic mass is 16.3. The van der Waals surface area contributed by atoms with Gasteiger partial charge in [-0.15, -0.1) is 0 Å². The predicted octanol–water partition coefficient (Wildman–Crippen LogP) is 4.41. The summed E-state index contributed by atoms with van der Waals surface area (Å²) in [4.78, 5) is 46.9. The van der Waals surface area contributed by atoms with Gasteiger partial charge in [-0.25, -0.2) is 4.98 Å². The fourth-order valence-corrected chi connectivity index (χ4v) is 5.12. The number of hydrogen-bond acceptors (Lipinski definition) is 7. The molecule has 0 aliphatic carbocycles. The minimum atomic E-state index is -0.358. The molecule has 0 saturated carbocycles. The van der Waals surface area contributed by atoms with E-state index in [-0.39, 0.29) is 23.5 Å². The second kappa shape index (κ2) is 12.5. The van der Waals surface area contributed by atoms with Gasteiger partial charge in [0.05, 0.1) is 11.7 Å². The van der Waals surface area contributed by atoms with Crippen molar-refractivity contribution >= 4 is 34.7 Å². The Labute approximate surface area is 250 Å². The van der Waals surface area contributed by atoms with Crippen LogP contribution in [0, 0.1) is 6.92 Å². The zero-order valence-corrected chi connectivity index (χ0v) is 24.8. The lowest BCUT2D eigenvalue weighted by molar-refractivity contribution is 0.0546. The molecule has 222 valence electrons. The number of likely N-dealkylation sites (tertiary alicyclic amines) is 1. The van der Waals surface area contributed by atoms with Crippen LogP contribution in [-0.4, -0.2) is 64.7 Å². The largest absolute Gasteiger partial charge is 0.393 e. The molecule has 2 aromatic heterocycles. The van der Waals surface area contributed by atoms with Gasteiger partial charge in [0.2, 0.25) is 0 Å². The highest BCUT2D eigenvalue weighted by molar-refractivity contribution is 6.05. The summed E-state index contributed by atoms with van der Waals surface area (Å²) in [5, 5.41) is 15.8. The highest BCUT2D eigenvalue weighted by Gasteiger charge is 2.22. The average Bonchev–Trinajstić information content (AvgIpc) is 3.01. The Bertz CT molecular complexity index is 1690. The smallest absolute Gasteiger partial charge is 0.274 e. The number of aliphatic hydroxyl groups is 1. The molecule has 1 aliphatic rings. The van der Waals surface area contributed by atoms with Crippen LogP contribution in [0.15, 0.2) is 77.9 Å². The quantitative estimate of drug-likeness (QED) is 0.296. The van der Waals surface area contributed by atoms with Crippen LogP contribution >= 0.6 is 0 Å². The summed E-state index contributed by atoms with van der Waals surface area (Å²) >= 11 is 0. The molecular weight excluding hydrogens is 544 g/mol. The molecule has 0 radical (unpaired) electrons. The molecule has 0 spiro atoms. The monoisotopic (exact) mass is 580 g/mol. The molecule has 2 amide bonds. The van der Waals surface area contributed by atoms with E-state index in [9.17, 15) is 19.5 Å². The van der Waals surface area contributed by atoms with Crippen molar-refractivity contribution in [2.75, 3.05) is 42.7 Å². The van der Waals surface area contributed by atoms with Crippen LogP contribution in [0.5, 0.6) is 0 Å². The van der Waals surface area contributed by atoms with Gasteiger partial charge in [0.15, 0.2) is 0 Å². The van der Waals surface area contributed by atoms with Gasteiger partial charge in [0, 0.05) is 69.1 Å². The topological polar surface area (TPSA) is 120 Å². The number of rotatable bonds is 7. The van der Waals surface area contributed by atoms with Gasteiger partial charge in [-0.2, -0.15) is 0 Å². The van der Waals surface area contributed by atoms with E-state index < -0.39 is 0 Å². The van der Waals surface area contributed by atoms with Gasteiger partial charge in [-0.3, -0.25) is 14.4 Å². The summed E-state index contributed by atoms with van der Waals surface area (Å²) in [6.45, 7) is 2.95. The van der Waals surface area contributed by atoms with Crippen molar-refractivity contribution < 1.29 is 14.7 Å². The van der Waals surface area contributed by atoms with Gasteiger partial charge in [0.1, 0.15) is 11.5 Å². The normalized spacial score (nSPS) is 13.5. The number of aliphatic hydroxyl groups excluding tert-OH is 1. The first kappa shape index (κ1) is 29.5. The number of piperidine rings is 1. The SMILES string of the molecule is Cc1c(NC(=O)c2ccc(N(C)C)cc2)cccc1-c1cc(Nc2ccc(C(=O)N3CCC(O)CC3)cn2)c(=O)n(C)c1. The predicted molar refractivity (Wildman–Crippen MR) is 169 cm³/mol. The van der Waals surface area contributed by atoms with E-state index in [2.05, 4.69) is 15.6 Å². The van der Waals surface area contributed by atoms with Crippen molar-refractivity contribution in [3.05, 3.63) is 100 Å². The van der Waals surface area contributed by atoms with E-state index in [4.69, 9.17) is 0 Å². The van der Waals surface area contributed by atoms with Crippen LogP contribution < -0.4 is 21.1 Å². The molecule has 0 atom stereocenters. The number of aromatic nitrogens is 2. The Morgan fingerprint density at radius 2 is 1.67 bits per heavy atom. The van der Waals surface area contributed by atoms with Crippen LogP contribution in [0.25, 0.3) is 11.1 Å². The lowest BCUT2D eigenvalue weighted by atomic mass is 10.00. The number of pyridine rings is 2. The summed E-state index contributed by atoms with van der Waals surface area (Å²) < 4.78 is 1.50. The van der Waals surface area contributed by atoms with Gasteiger partial charge < -0.3 is 30.1 Å². The standard InChI is InChI=1S/C33H36N6O4/c1-21-27(6-5-7-28(21)36-31(41)22-8-11-25(12-9-22)37(2)3)24-18-29(33(43)38(4)20-24)35-30-13-10-23(19-34-30)32(42)39-16-14-26(40)15-17-39/h5-13,18-20,26,40H,14-17H2,1-4H3,(H,34,35)(H,36,41). The summed E-state index contributed by atoms with van der Waals surface area (Å²) in [5.74, 6) is 0.0917. The minimum absolute atomic E-state index is 0.128. The van der Waals surface area contributed by atoms with Gasteiger partial charge in [0.25, 0.3) is 17.4 Å². The summed E-state index contributed by atoms with van der Waals surface area (Å²) in [5.41, 5.74) is 5.28. The van der Waals surface area contributed by atoms with Crippen LogP contribution in [0.1, 0.15) is 39.1 Å². The number of carbonyl (C=O) groups is 2. The third-order valence-corrected chi connectivity index (χ3v) is 7.75. The van der Waals surface area contributed by atoms with Crippen molar-refractivity contribution in [3.63, 3.8) is 0 Å². The molecule has 1 saturated heterocycles. The molecular formula is C33H36N6O4. The Morgan fingerprint density at radius 3 is 2.33 bits per heavy atom. The van der Waals surface area contributed by atoms with Crippen LogP contribution in [0.4, 0.5) is 22.9 Å². The third-order valence-electron chi connectivity index (χ3n) is 7.75. The number of aryl methyl sites for hydroxylation is 1. The van der Waals surface area contributed by atoms with E-state index in [1.165, 1.54) is 10.8 Å². The lowest BCUT2D eigenvalue weighted by Crippen LogP contribution is -2.40. The van der Waals surface area contributed by atoms with E-state index >= 15 is 0 Å². The minimum Gasteiger partial charge on any atom is -0.393 e. The summed E-state index contributed by atoms with van der Waals surface area (Å²) in [6.07, 6.45) is 4.03. The van der Waals surface area contributed by atoms with E-state index in [1.54, 1.807) is 48.5 Å². The van der Waals surface area contributed by atoms with Gasteiger partial charge in [-0.05, 0) is 79.4 Å². The fourth-order valence-electron chi connectivity index (χ4n) is 5.12. The number of anilines is 4. The maximum absolute atomic E-state index is 13.0. The first-order valence-corrected chi connectivity index (χ1v) is 14.2. The molecule has 10 nitrogen and oxygen atoms in total. The Balaban J connectivity index is 1.34. The Morgan fingerprint density at radius 1 is 0.977 bits per heavy atom. The first-order chi connectivity index (χ1) is 20.6. The maximum atomic E-state index is 13.0. The second-order valence-electron chi connectivity index (χ2n) is 11.0. The number of benzene rings is 2.